The minimum Gasteiger partial charge on any atom is -0.351 e. The second-order valence-corrected chi connectivity index (χ2v) is 5.89. The first kappa shape index (κ1) is 15.4. The van der Waals surface area contributed by atoms with Crippen molar-refractivity contribution in [1.82, 2.24) is 5.32 Å². The van der Waals surface area contributed by atoms with E-state index in [4.69, 9.17) is 10.9 Å². The molecule has 0 saturated carbocycles. The van der Waals surface area contributed by atoms with Crippen LogP contribution in [0.4, 0.5) is 10.5 Å². The van der Waals surface area contributed by atoms with Gasteiger partial charge in [-0.05, 0) is 24.6 Å². The van der Waals surface area contributed by atoms with Gasteiger partial charge in [-0.3, -0.25) is 0 Å². The Hall–Kier alpha value is -1.64. The topological polar surface area (TPSA) is 127 Å². The maximum atomic E-state index is 10.8. The van der Waals surface area contributed by atoms with Gasteiger partial charge in [0.15, 0.2) is 0 Å². The van der Waals surface area contributed by atoms with Crippen molar-refractivity contribution in [1.29, 1.82) is 0 Å². The van der Waals surface area contributed by atoms with Crippen molar-refractivity contribution in [2.45, 2.75) is 13.0 Å². The average Bonchev–Trinajstić information content (AvgIpc) is 2.27. The molecule has 0 aliphatic rings. The Kier molecular flexibility index (Phi) is 5.28. The molecular weight excluding hydrogens is 268 g/mol. The standard InChI is InChI=1S/C11H18N4O3S/c1-8(14-6-7-19(13,17)18)9-2-4-10(5-3-9)15-11(12)16/h2-5,8,14H,6-7H2,1H3,(H3,12,15,16)(H2,13,17,18). The van der Waals surface area contributed by atoms with Crippen LogP contribution in [0, 0.1) is 0 Å². The lowest BCUT2D eigenvalue weighted by molar-refractivity contribution is 0.259. The van der Waals surface area contributed by atoms with Crippen molar-refractivity contribution in [2.75, 3.05) is 17.6 Å². The second-order valence-electron chi connectivity index (χ2n) is 4.15. The first-order valence-corrected chi connectivity index (χ1v) is 7.40. The van der Waals surface area contributed by atoms with Crippen LogP contribution in [0.5, 0.6) is 0 Å². The van der Waals surface area contributed by atoms with E-state index in [1.165, 1.54) is 0 Å². The highest BCUT2D eigenvalue weighted by Crippen LogP contribution is 2.15. The number of carbonyl (C=O) groups excluding carboxylic acids is 1. The lowest BCUT2D eigenvalue weighted by Crippen LogP contribution is -2.28. The average molecular weight is 286 g/mol. The van der Waals surface area contributed by atoms with Gasteiger partial charge in [-0.15, -0.1) is 0 Å². The van der Waals surface area contributed by atoms with Gasteiger partial charge in [-0.2, -0.15) is 0 Å². The minimum absolute atomic E-state index is 0.0237. The fourth-order valence-electron chi connectivity index (χ4n) is 1.53. The molecule has 1 unspecified atom stereocenters. The fourth-order valence-corrected chi connectivity index (χ4v) is 1.94. The van der Waals surface area contributed by atoms with Crippen LogP contribution < -0.4 is 21.5 Å². The van der Waals surface area contributed by atoms with E-state index in [2.05, 4.69) is 10.6 Å². The van der Waals surface area contributed by atoms with Gasteiger partial charge in [0.2, 0.25) is 10.0 Å². The minimum atomic E-state index is -3.45. The van der Waals surface area contributed by atoms with Crippen molar-refractivity contribution in [2.24, 2.45) is 10.9 Å². The van der Waals surface area contributed by atoms with Crippen molar-refractivity contribution in [3.63, 3.8) is 0 Å². The molecule has 0 aliphatic carbocycles. The van der Waals surface area contributed by atoms with E-state index in [1.807, 2.05) is 19.1 Å². The summed E-state index contributed by atoms with van der Waals surface area (Å²) in [6.07, 6.45) is 0. The van der Waals surface area contributed by atoms with Crippen LogP contribution in [-0.4, -0.2) is 26.7 Å². The molecule has 1 aromatic rings. The van der Waals surface area contributed by atoms with Crippen LogP contribution in [0.15, 0.2) is 24.3 Å². The van der Waals surface area contributed by atoms with E-state index in [-0.39, 0.29) is 18.3 Å². The van der Waals surface area contributed by atoms with Gasteiger partial charge in [0, 0.05) is 18.3 Å². The molecule has 1 aromatic carbocycles. The Bertz CT molecular complexity index is 527. The number of primary amides is 1. The number of nitrogens with two attached hydrogens (primary N) is 2. The number of hydrogen-bond donors (Lipinski definition) is 4. The monoisotopic (exact) mass is 286 g/mol. The zero-order chi connectivity index (χ0) is 14.5. The Balaban J connectivity index is 2.53. The Morgan fingerprint density at radius 1 is 1.32 bits per heavy atom. The van der Waals surface area contributed by atoms with Gasteiger partial charge in [0.05, 0.1) is 5.75 Å². The summed E-state index contributed by atoms with van der Waals surface area (Å²) in [7, 11) is -3.45. The van der Waals surface area contributed by atoms with Crippen LogP contribution >= 0.6 is 0 Å². The highest BCUT2D eigenvalue weighted by atomic mass is 32.2. The SMILES string of the molecule is CC(NCCS(N)(=O)=O)c1ccc(NC(N)=O)cc1. The third kappa shape index (κ3) is 6.18. The number of carbonyl (C=O) groups is 1. The Morgan fingerprint density at radius 2 is 1.89 bits per heavy atom. The van der Waals surface area contributed by atoms with E-state index in [1.54, 1.807) is 12.1 Å². The molecule has 0 spiro atoms. The molecule has 6 N–H and O–H groups in total. The summed E-state index contributed by atoms with van der Waals surface area (Å²) >= 11 is 0. The Morgan fingerprint density at radius 3 is 2.37 bits per heavy atom. The van der Waals surface area contributed by atoms with E-state index in [9.17, 15) is 13.2 Å². The molecule has 1 rings (SSSR count). The Labute approximate surface area is 112 Å². The summed E-state index contributed by atoms with van der Waals surface area (Å²) in [5.41, 5.74) is 6.56. The van der Waals surface area contributed by atoms with Crippen molar-refractivity contribution in [3.05, 3.63) is 29.8 Å². The van der Waals surface area contributed by atoms with Gasteiger partial charge in [-0.1, -0.05) is 12.1 Å². The molecule has 8 heteroatoms. The lowest BCUT2D eigenvalue weighted by Gasteiger charge is -2.14. The maximum absolute atomic E-state index is 10.8. The zero-order valence-electron chi connectivity index (χ0n) is 10.6. The molecule has 19 heavy (non-hydrogen) atoms. The number of sulfonamides is 1. The summed E-state index contributed by atoms with van der Waals surface area (Å²) in [4.78, 5) is 10.7. The van der Waals surface area contributed by atoms with E-state index < -0.39 is 16.1 Å². The molecular formula is C11H18N4O3S. The third-order valence-corrected chi connectivity index (χ3v) is 3.29. The van der Waals surface area contributed by atoms with E-state index in [0.29, 0.717) is 5.69 Å². The second kappa shape index (κ2) is 6.50. The molecule has 106 valence electrons. The maximum Gasteiger partial charge on any atom is 0.316 e. The first-order chi connectivity index (χ1) is 8.78. The quantitative estimate of drug-likeness (QED) is 0.592. The molecule has 7 nitrogen and oxygen atoms in total. The highest BCUT2D eigenvalue weighted by Gasteiger charge is 2.07. The molecule has 0 heterocycles. The van der Waals surface area contributed by atoms with Crippen molar-refractivity contribution >= 4 is 21.7 Å². The molecule has 0 fully saturated rings. The third-order valence-electron chi connectivity index (χ3n) is 2.52. The number of hydrogen-bond acceptors (Lipinski definition) is 4. The van der Waals surface area contributed by atoms with Crippen LogP contribution in [0.2, 0.25) is 0 Å². The van der Waals surface area contributed by atoms with Crippen LogP contribution in [-0.2, 0) is 10.0 Å². The normalized spacial score (nSPS) is 12.9. The molecule has 1 atom stereocenters. The largest absolute Gasteiger partial charge is 0.351 e. The van der Waals surface area contributed by atoms with Gasteiger partial charge in [0.1, 0.15) is 0 Å². The molecule has 0 aliphatic heterocycles. The number of rotatable bonds is 6. The van der Waals surface area contributed by atoms with E-state index >= 15 is 0 Å². The molecule has 0 saturated heterocycles. The van der Waals surface area contributed by atoms with Crippen molar-refractivity contribution < 1.29 is 13.2 Å². The van der Waals surface area contributed by atoms with Crippen LogP contribution in [0.25, 0.3) is 0 Å². The molecule has 0 aromatic heterocycles. The predicted octanol–water partition coefficient (Wildman–Crippen LogP) is 0.116. The number of anilines is 1. The van der Waals surface area contributed by atoms with Gasteiger partial charge in [0.25, 0.3) is 0 Å². The summed E-state index contributed by atoms with van der Waals surface area (Å²) < 4.78 is 21.6. The summed E-state index contributed by atoms with van der Waals surface area (Å²) in [6, 6.07) is 6.44. The predicted molar refractivity (Wildman–Crippen MR) is 74.0 cm³/mol. The highest BCUT2D eigenvalue weighted by molar-refractivity contribution is 7.89. The molecule has 0 bridgehead atoms. The van der Waals surface area contributed by atoms with Gasteiger partial charge >= 0.3 is 6.03 Å². The fraction of sp³-hybridized carbons (Fsp3) is 0.364. The van der Waals surface area contributed by atoms with Crippen LogP contribution in [0.1, 0.15) is 18.5 Å². The molecule has 0 radical (unpaired) electrons. The number of amides is 2. The lowest BCUT2D eigenvalue weighted by atomic mass is 10.1. The van der Waals surface area contributed by atoms with Crippen LogP contribution in [0.3, 0.4) is 0 Å². The number of benzene rings is 1. The summed E-state index contributed by atoms with van der Waals surface area (Å²) in [5, 5.41) is 10.4. The summed E-state index contributed by atoms with van der Waals surface area (Å²) in [6.45, 7) is 2.18. The zero-order valence-corrected chi connectivity index (χ0v) is 11.4. The summed E-state index contributed by atoms with van der Waals surface area (Å²) in [5.74, 6) is -0.112. The van der Waals surface area contributed by atoms with Gasteiger partial charge < -0.3 is 16.4 Å². The number of primary sulfonamides is 1. The smallest absolute Gasteiger partial charge is 0.316 e. The number of nitrogens with one attached hydrogen (secondary N) is 2. The number of urea groups is 1. The first-order valence-electron chi connectivity index (χ1n) is 5.68. The van der Waals surface area contributed by atoms with Crippen molar-refractivity contribution in [3.8, 4) is 0 Å². The van der Waals surface area contributed by atoms with Gasteiger partial charge in [-0.25, -0.2) is 18.4 Å². The van der Waals surface area contributed by atoms with E-state index in [0.717, 1.165) is 5.56 Å². The molecule has 2 amide bonds.